The molecule has 0 aliphatic heterocycles. The van der Waals surface area contributed by atoms with Crippen LogP contribution in [0.2, 0.25) is 0 Å². The molecule has 0 spiro atoms. The molecule has 6 nitrogen and oxygen atoms in total. The molecule has 2 rings (SSSR count). The van der Waals surface area contributed by atoms with E-state index in [2.05, 4.69) is 0 Å². The molecule has 0 radical (unpaired) electrons. The van der Waals surface area contributed by atoms with Gasteiger partial charge in [-0.05, 0) is 50.3 Å². The van der Waals surface area contributed by atoms with Gasteiger partial charge in [0.25, 0.3) is 5.91 Å². The Kier molecular flexibility index (Phi) is 7.63. The second-order valence-electron chi connectivity index (χ2n) is 5.94. The van der Waals surface area contributed by atoms with Gasteiger partial charge in [-0.25, -0.2) is 4.79 Å². The highest BCUT2D eigenvalue weighted by atomic mass is 16.5. The van der Waals surface area contributed by atoms with Crippen molar-refractivity contribution in [1.29, 1.82) is 0 Å². The van der Waals surface area contributed by atoms with Crippen molar-refractivity contribution >= 4 is 23.6 Å². The standard InChI is InChI=1S/C22H25NO5/c1-5-23(18-9-7-6-8-10-18)22(25)16(2)28-21(24)14-11-17-15-19(26-3)12-13-20(17)27-4/h6-16H,5H2,1-4H3/b14-11+/t16-/m0/s1. The Labute approximate surface area is 165 Å². The van der Waals surface area contributed by atoms with Gasteiger partial charge in [0.1, 0.15) is 11.5 Å². The van der Waals surface area contributed by atoms with Crippen LogP contribution in [0.3, 0.4) is 0 Å². The van der Waals surface area contributed by atoms with E-state index < -0.39 is 12.1 Å². The van der Waals surface area contributed by atoms with Gasteiger partial charge in [-0.15, -0.1) is 0 Å². The second kappa shape index (κ2) is 10.2. The summed E-state index contributed by atoms with van der Waals surface area (Å²) in [6, 6.07) is 14.5. The smallest absolute Gasteiger partial charge is 0.331 e. The molecule has 0 aliphatic rings. The third-order valence-corrected chi connectivity index (χ3v) is 4.13. The fourth-order valence-electron chi connectivity index (χ4n) is 2.68. The summed E-state index contributed by atoms with van der Waals surface area (Å²) in [6.07, 6.45) is 1.92. The summed E-state index contributed by atoms with van der Waals surface area (Å²) in [5.74, 6) is 0.332. The van der Waals surface area contributed by atoms with Crippen molar-refractivity contribution in [2.45, 2.75) is 20.0 Å². The average molecular weight is 383 g/mol. The Bertz CT molecular complexity index is 832. The molecule has 0 aromatic heterocycles. The van der Waals surface area contributed by atoms with Crippen LogP contribution < -0.4 is 14.4 Å². The maximum absolute atomic E-state index is 12.7. The lowest BCUT2D eigenvalue weighted by atomic mass is 10.1. The van der Waals surface area contributed by atoms with E-state index in [1.165, 1.54) is 6.08 Å². The molecule has 0 fully saturated rings. The van der Waals surface area contributed by atoms with E-state index in [1.807, 2.05) is 37.3 Å². The fourth-order valence-corrected chi connectivity index (χ4v) is 2.68. The number of benzene rings is 2. The number of ether oxygens (including phenoxy) is 3. The SMILES string of the molecule is CCN(C(=O)[C@H](C)OC(=O)/C=C/c1cc(OC)ccc1OC)c1ccccc1. The third-order valence-electron chi connectivity index (χ3n) is 4.13. The number of hydrogen-bond donors (Lipinski definition) is 0. The van der Waals surface area contributed by atoms with Crippen LogP contribution in [0.1, 0.15) is 19.4 Å². The minimum Gasteiger partial charge on any atom is -0.497 e. The second-order valence-corrected chi connectivity index (χ2v) is 5.94. The van der Waals surface area contributed by atoms with E-state index >= 15 is 0 Å². The first kappa shape index (κ1) is 21.0. The highest BCUT2D eigenvalue weighted by Crippen LogP contribution is 2.25. The van der Waals surface area contributed by atoms with E-state index in [0.29, 0.717) is 23.6 Å². The largest absolute Gasteiger partial charge is 0.497 e. The summed E-state index contributed by atoms with van der Waals surface area (Å²) in [5.41, 5.74) is 1.42. The summed E-state index contributed by atoms with van der Waals surface area (Å²) >= 11 is 0. The highest BCUT2D eigenvalue weighted by Gasteiger charge is 2.23. The number of carbonyl (C=O) groups is 2. The Balaban J connectivity index is 2.06. The number of para-hydroxylation sites is 1. The van der Waals surface area contributed by atoms with Crippen molar-refractivity contribution < 1.29 is 23.8 Å². The molecule has 0 saturated heterocycles. The first-order chi connectivity index (χ1) is 13.5. The molecule has 0 aliphatic carbocycles. The van der Waals surface area contributed by atoms with Gasteiger partial charge < -0.3 is 19.1 Å². The lowest BCUT2D eigenvalue weighted by Gasteiger charge is -2.24. The van der Waals surface area contributed by atoms with Crippen molar-refractivity contribution in [3.05, 3.63) is 60.2 Å². The summed E-state index contributed by atoms with van der Waals surface area (Å²) in [4.78, 5) is 26.4. The molecule has 1 atom stereocenters. The Hall–Kier alpha value is -3.28. The molecule has 6 heteroatoms. The van der Waals surface area contributed by atoms with Gasteiger partial charge >= 0.3 is 5.97 Å². The van der Waals surface area contributed by atoms with E-state index in [9.17, 15) is 9.59 Å². The number of anilines is 1. The lowest BCUT2D eigenvalue weighted by molar-refractivity contribution is -0.149. The molecule has 0 unspecified atom stereocenters. The minimum absolute atomic E-state index is 0.283. The van der Waals surface area contributed by atoms with Gasteiger partial charge in [0, 0.05) is 23.9 Å². The number of hydrogen-bond acceptors (Lipinski definition) is 5. The van der Waals surface area contributed by atoms with E-state index in [-0.39, 0.29) is 5.91 Å². The summed E-state index contributed by atoms with van der Waals surface area (Å²) in [6.45, 7) is 3.90. The molecular weight excluding hydrogens is 358 g/mol. The fraction of sp³-hybridized carbons (Fsp3) is 0.273. The number of amides is 1. The van der Waals surface area contributed by atoms with Crippen molar-refractivity contribution in [3.63, 3.8) is 0 Å². The van der Waals surface area contributed by atoms with Gasteiger partial charge in [0.15, 0.2) is 6.10 Å². The Morgan fingerprint density at radius 3 is 2.39 bits per heavy atom. The number of likely N-dealkylation sites (N-methyl/N-ethyl adjacent to an activating group) is 1. The van der Waals surface area contributed by atoms with Gasteiger partial charge in [-0.1, -0.05) is 18.2 Å². The lowest BCUT2D eigenvalue weighted by Crippen LogP contribution is -2.39. The van der Waals surface area contributed by atoms with E-state index in [0.717, 1.165) is 5.69 Å². The normalized spacial score (nSPS) is 11.7. The highest BCUT2D eigenvalue weighted by molar-refractivity contribution is 5.98. The first-order valence-electron chi connectivity index (χ1n) is 8.97. The van der Waals surface area contributed by atoms with Gasteiger partial charge in [0.2, 0.25) is 0 Å². The van der Waals surface area contributed by atoms with E-state index in [1.54, 1.807) is 50.3 Å². The number of esters is 1. The van der Waals surface area contributed by atoms with Gasteiger partial charge in [0.05, 0.1) is 14.2 Å². The van der Waals surface area contributed by atoms with Crippen molar-refractivity contribution in [2.24, 2.45) is 0 Å². The average Bonchev–Trinajstić information content (AvgIpc) is 2.73. The predicted octanol–water partition coefficient (Wildman–Crippen LogP) is 3.70. The van der Waals surface area contributed by atoms with Crippen molar-refractivity contribution in [3.8, 4) is 11.5 Å². The monoisotopic (exact) mass is 383 g/mol. The van der Waals surface area contributed by atoms with Crippen LogP contribution in [0, 0.1) is 0 Å². The number of carbonyl (C=O) groups excluding carboxylic acids is 2. The number of rotatable bonds is 8. The quantitative estimate of drug-likeness (QED) is 0.514. The Morgan fingerprint density at radius 1 is 1.07 bits per heavy atom. The van der Waals surface area contributed by atoms with Crippen LogP contribution in [-0.2, 0) is 14.3 Å². The topological polar surface area (TPSA) is 65.1 Å². The summed E-state index contributed by atoms with van der Waals surface area (Å²) < 4.78 is 15.7. The number of methoxy groups -OCH3 is 2. The molecular formula is C22H25NO5. The van der Waals surface area contributed by atoms with Crippen LogP contribution in [0.15, 0.2) is 54.6 Å². The van der Waals surface area contributed by atoms with Crippen LogP contribution in [0.5, 0.6) is 11.5 Å². The van der Waals surface area contributed by atoms with Gasteiger partial charge in [-0.3, -0.25) is 4.79 Å². The van der Waals surface area contributed by atoms with Crippen LogP contribution >= 0.6 is 0 Å². The predicted molar refractivity (Wildman–Crippen MR) is 109 cm³/mol. The minimum atomic E-state index is -0.912. The molecule has 28 heavy (non-hydrogen) atoms. The zero-order chi connectivity index (χ0) is 20.5. The molecule has 0 heterocycles. The third kappa shape index (κ3) is 5.36. The zero-order valence-electron chi connectivity index (χ0n) is 16.5. The maximum Gasteiger partial charge on any atom is 0.331 e. The number of nitrogens with zero attached hydrogens (tertiary/aromatic N) is 1. The van der Waals surface area contributed by atoms with E-state index in [4.69, 9.17) is 14.2 Å². The summed E-state index contributed by atoms with van der Waals surface area (Å²) in [7, 11) is 3.10. The molecule has 148 valence electrons. The molecule has 1 amide bonds. The van der Waals surface area contributed by atoms with Crippen LogP contribution in [0.4, 0.5) is 5.69 Å². The first-order valence-corrected chi connectivity index (χ1v) is 8.97. The van der Waals surface area contributed by atoms with Gasteiger partial charge in [-0.2, -0.15) is 0 Å². The summed E-state index contributed by atoms with van der Waals surface area (Å²) in [5, 5.41) is 0. The Morgan fingerprint density at radius 2 is 1.79 bits per heavy atom. The van der Waals surface area contributed by atoms with Crippen LogP contribution in [-0.4, -0.2) is 38.7 Å². The molecule has 0 saturated carbocycles. The molecule has 2 aromatic carbocycles. The van der Waals surface area contributed by atoms with Crippen molar-refractivity contribution in [2.75, 3.05) is 25.7 Å². The zero-order valence-corrected chi connectivity index (χ0v) is 16.5. The molecule has 0 bridgehead atoms. The van der Waals surface area contributed by atoms with Crippen LogP contribution in [0.25, 0.3) is 6.08 Å². The molecule has 2 aromatic rings. The molecule has 0 N–H and O–H groups in total. The maximum atomic E-state index is 12.7. The van der Waals surface area contributed by atoms with Crippen molar-refractivity contribution in [1.82, 2.24) is 0 Å².